The number of aliphatic carboxylic acids is 1. The number of nitrogens with zero attached hydrogens (tertiary/aromatic N) is 2. The number of carboxylic acid groups (broad SMARTS) is 1. The van der Waals surface area contributed by atoms with Gasteiger partial charge in [-0.05, 0) is 17.4 Å². The highest BCUT2D eigenvalue weighted by Crippen LogP contribution is 2.35. The van der Waals surface area contributed by atoms with Crippen molar-refractivity contribution >= 4 is 22.4 Å². The van der Waals surface area contributed by atoms with Crippen LogP contribution in [0, 0.1) is 11.8 Å². The zero-order chi connectivity index (χ0) is 18.7. The molecule has 4 rings (SSSR count). The van der Waals surface area contributed by atoms with Gasteiger partial charge in [0.2, 0.25) is 0 Å². The molecule has 2 fully saturated rings. The molecule has 0 aliphatic carbocycles. The van der Waals surface area contributed by atoms with Crippen LogP contribution in [-0.4, -0.2) is 48.4 Å². The molecule has 140 valence electrons. The van der Waals surface area contributed by atoms with Gasteiger partial charge in [-0.3, -0.25) is 0 Å². The molecule has 0 spiro atoms. The number of hydrogen-bond acceptors (Lipinski definition) is 5. The Morgan fingerprint density at radius 2 is 1.77 bits per heavy atom. The average Bonchev–Trinajstić information content (AvgIpc) is 3.30. The van der Waals surface area contributed by atoms with Crippen molar-refractivity contribution in [1.29, 1.82) is 0 Å². The normalized spacial score (nSPS) is 21.9. The maximum Gasteiger partial charge on any atom is 0.490 e. The van der Waals surface area contributed by atoms with Crippen LogP contribution in [0.15, 0.2) is 36.5 Å². The van der Waals surface area contributed by atoms with Gasteiger partial charge in [0.25, 0.3) is 0 Å². The number of thiazole rings is 1. The SMILES string of the molecule is O=C(O)C(F)(F)F.c1ccc(-c2cnc(N3CC4CNCC4C3)s2)cc1. The first-order chi connectivity index (χ1) is 12.3. The van der Waals surface area contributed by atoms with Crippen molar-refractivity contribution in [3.8, 4) is 10.4 Å². The number of anilines is 1. The van der Waals surface area contributed by atoms with Gasteiger partial charge in [0.05, 0.1) is 4.88 Å². The summed E-state index contributed by atoms with van der Waals surface area (Å²) in [5, 5.41) is 11.8. The van der Waals surface area contributed by atoms with Gasteiger partial charge in [0.15, 0.2) is 5.13 Å². The van der Waals surface area contributed by atoms with Crippen molar-refractivity contribution in [2.24, 2.45) is 11.8 Å². The van der Waals surface area contributed by atoms with Gasteiger partial charge in [0.1, 0.15) is 0 Å². The largest absolute Gasteiger partial charge is 0.490 e. The Morgan fingerprint density at radius 1 is 1.19 bits per heavy atom. The summed E-state index contributed by atoms with van der Waals surface area (Å²) < 4.78 is 31.7. The van der Waals surface area contributed by atoms with Crippen molar-refractivity contribution in [3.05, 3.63) is 36.5 Å². The zero-order valence-corrected chi connectivity index (χ0v) is 14.6. The summed E-state index contributed by atoms with van der Waals surface area (Å²) in [7, 11) is 0. The second kappa shape index (κ2) is 7.63. The summed E-state index contributed by atoms with van der Waals surface area (Å²) in [5.74, 6) is -1.11. The number of hydrogen-bond donors (Lipinski definition) is 2. The van der Waals surface area contributed by atoms with Crippen molar-refractivity contribution in [2.45, 2.75) is 6.18 Å². The first kappa shape index (κ1) is 18.7. The number of fused-ring (bicyclic) bond motifs is 1. The monoisotopic (exact) mass is 385 g/mol. The maximum absolute atomic E-state index is 10.6. The fourth-order valence-electron chi connectivity index (χ4n) is 3.16. The zero-order valence-electron chi connectivity index (χ0n) is 13.7. The van der Waals surface area contributed by atoms with E-state index in [1.54, 1.807) is 0 Å². The standard InChI is InChI=1S/C15H17N3S.C2HF3O2/c1-2-4-11(5-3-1)14-8-17-15(19-14)18-9-12-6-16-7-13(12)10-18;3-2(4,5)1(6)7/h1-5,8,12-13,16H,6-7,9-10H2;(H,6,7). The number of aromatic nitrogens is 1. The second-order valence-corrected chi connectivity index (χ2v) is 7.27. The van der Waals surface area contributed by atoms with E-state index in [0.717, 1.165) is 11.8 Å². The molecule has 2 unspecified atom stereocenters. The highest BCUT2D eigenvalue weighted by Gasteiger charge is 2.38. The van der Waals surface area contributed by atoms with Gasteiger partial charge in [-0.15, -0.1) is 0 Å². The van der Waals surface area contributed by atoms with Gasteiger partial charge in [0, 0.05) is 32.4 Å². The van der Waals surface area contributed by atoms with Gasteiger partial charge >= 0.3 is 12.1 Å². The number of nitrogens with one attached hydrogen (secondary N) is 1. The lowest BCUT2D eigenvalue weighted by Crippen LogP contribution is -2.25. The molecule has 0 amide bonds. The van der Waals surface area contributed by atoms with Crippen LogP contribution in [0.5, 0.6) is 0 Å². The predicted molar refractivity (Wildman–Crippen MR) is 93.3 cm³/mol. The molecule has 26 heavy (non-hydrogen) atoms. The van der Waals surface area contributed by atoms with Gasteiger partial charge in [-0.2, -0.15) is 13.2 Å². The predicted octanol–water partition coefficient (Wildman–Crippen LogP) is 3.10. The lowest BCUT2D eigenvalue weighted by Gasteiger charge is -2.15. The Kier molecular flexibility index (Phi) is 5.47. The summed E-state index contributed by atoms with van der Waals surface area (Å²) in [6, 6.07) is 10.5. The molecule has 2 aliphatic rings. The molecule has 1 aromatic heterocycles. The first-order valence-corrected chi connectivity index (χ1v) is 8.93. The van der Waals surface area contributed by atoms with Crippen LogP contribution in [0.3, 0.4) is 0 Å². The third-order valence-corrected chi connectivity index (χ3v) is 5.56. The summed E-state index contributed by atoms with van der Waals surface area (Å²) in [5.41, 5.74) is 1.27. The molecular weight excluding hydrogens is 367 g/mol. The quantitative estimate of drug-likeness (QED) is 0.832. The Bertz CT molecular complexity index is 739. The Morgan fingerprint density at radius 3 is 2.31 bits per heavy atom. The lowest BCUT2D eigenvalue weighted by molar-refractivity contribution is -0.192. The molecule has 2 aliphatic heterocycles. The van der Waals surface area contributed by atoms with Crippen LogP contribution < -0.4 is 10.2 Å². The van der Waals surface area contributed by atoms with Crippen LogP contribution in [0.1, 0.15) is 0 Å². The molecule has 2 saturated heterocycles. The minimum Gasteiger partial charge on any atom is -0.475 e. The molecule has 3 heterocycles. The van der Waals surface area contributed by atoms with E-state index in [1.165, 1.54) is 41.8 Å². The molecular formula is C17H18F3N3O2S. The highest BCUT2D eigenvalue weighted by molar-refractivity contribution is 7.18. The first-order valence-electron chi connectivity index (χ1n) is 8.11. The van der Waals surface area contributed by atoms with Crippen molar-refractivity contribution < 1.29 is 23.1 Å². The number of carboxylic acids is 1. The van der Waals surface area contributed by atoms with Crippen LogP contribution in [0.25, 0.3) is 10.4 Å². The minimum atomic E-state index is -5.08. The molecule has 2 N–H and O–H groups in total. The summed E-state index contributed by atoms with van der Waals surface area (Å²) in [6.45, 7) is 4.69. The molecule has 5 nitrogen and oxygen atoms in total. The van der Waals surface area contributed by atoms with E-state index in [0.29, 0.717) is 0 Å². The van der Waals surface area contributed by atoms with E-state index in [1.807, 2.05) is 17.5 Å². The van der Waals surface area contributed by atoms with E-state index in [9.17, 15) is 13.2 Å². The van der Waals surface area contributed by atoms with Crippen molar-refractivity contribution in [2.75, 3.05) is 31.1 Å². The number of alkyl halides is 3. The van der Waals surface area contributed by atoms with Gasteiger partial charge in [-0.1, -0.05) is 41.7 Å². The third kappa shape index (κ3) is 4.34. The molecule has 2 atom stereocenters. The van der Waals surface area contributed by atoms with Crippen molar-refractivity contribution in [1.82, 2.24) is 10.3 Å². The van der Waals surface area contributed by atoms with E-state index in [2.05, 4.69) is 45.5 Å². The van der Waals surface area contributed by atoms with Crippen LogP contribution in [0.4, 0.5) is 18.3 Å². The van der Waals surface area contributed by atoms with E-state index in [-0.39, 0.29) is 0 Å². The van der Waals surface area contributed by atoms with Crippen LogP contribution >= 0.6 is 11.3 Å². The molecule has 0 radical (unpaired) electrons. The Hall–Kier alpha value is -2.13. The molecule has 0 saturated carbocycles. The number of benzene rings is 1. The molecule has 9 heteroatoms. The third-order valence-electron chi connectivity index (χ3n) is 4.45. The highest BCUT2D eigenvalue weighted by atomic mass is 32.1. The van der Waals surface area contributed by atoms with E-state index in [4.69, 9.17) is 9.90 Å². The minimum absolute atomic E-state index is 0.823. The Labute approximate surface area is 152 Å². The number of rotatable bonds is 2. The molecule has 2 aromatic rings. The average molecular weight is 385 g/mol. The van der Waals surface area contributed by atoms with Crippen LogP contribution in [0.2, 0.25) is 0 Å². The molecule has 0 bridgehead atoms. The Balaban J connectivity index is 0.000000242. The topological polar surface area (TPSA) is 65.5 Å². The molecule has 1 aromatic carbocycles. The number of carbonyl (C=O) groups is 1. The van der Waals surface area contributed by atoms with Crippen LogP contribution in [-0.2, 0) is 4.79 Å². The lowest BCUT2D eigenvalue weighted by atomic mass is 10.0. The van der Waals surface area contributed by atoms with Crippen molar-refractivity contribution in [3.63, 3.8) is 0 Å². The van der Waals surface area contributed by atoms with E-state index >= 15 is 0 Å². The van der Waals surface area contributed by atoms with Gasteiger partial charge < -0.3 is 15.3 Å². The summed E-state index contributed by atoms with van der Waals surface area (Å²) >= 11 is 1.82. The fourth-order valence-corrected chi connectivity index (χ4v) is 4.10. The number of halogens is 3. The second-order valence-electron chi connectivity index (χ2n) is 6.26. The van der Waals surface area contributed by atoms with E-state index < -0.39 is 12.1 Å². The smallest absolute Gasteiger partial charge is 0.475 e. The van der Waals surface area contributed by atoms with Gasteiger partial charge in [-0.25, -0.2) is 9.78 Å². The maximum atomic E-state index is 10.6. The fraction of sp³-hybridized carbons (Fsp3) is 0.412. The summed E-state index contributed by atoms with van der Waals surface area (Å²) in [4.78, 5) is 17.3. The summed E-state index contributed by atoms with van der Waals surface area (Å²) in [6.07, 6.45) is -3.07.